The summed E-state index contributed by atoms with van der Waals surface area (Å²) >= 11 is 0. The molecule has 0 unspecified atom stereocenters. The van der Waals surface area contributed by atoms with Crippen LogP contribution in [0.5, 0.6) is 0 Å². The smallest absolute Gasteiger partial charge is 0.137 e. The normalized spacial score (nSPS) is 11.8. The second-order valence-electron chi connectivity index (χ2n) is 13.8. The summed E-state index contributed by atoms with van der Waals surface area (Å²) in [4.78, 5) is 2.35. The Balaban J connectivity index is 1.14. The number of aromatic nitrogens is 1. The van der Waals surface area contributed by atoms with Crippen LogP contribution in [0.1, 0.15) is 0 Å². The molecule has 0 saturated heterocycles. The van der Waals surface area contributed by atoms with Crippen LogP contribution in [-0.2, 0) is 0 Å². The summed E-state index contributed by atoms with van der Waals surface area (Å²) in [5.74, 6) is 0. The number of rotatable bonds is 5. The Morgan fingerprint density at radius 1 is 0.340 bits per heavy atom. The van der Waals surface area contributed by atoms with Crippen molar-refractivity contribution >= 4 is 82.4 Å². The monoisotopic (exact) mass is 676 g/mol. The van der Waals surface area contributed by atoms with Gasteiger partial charge in [0.25, 0.3) is 0 Å². The average Bonchev–Trinajstić information content (AvgIpc) is 3.74. The molecule has 2 aromatic heterocycles. The summed E-state index contributed by atoms with van der Waals surface area (Å²) in [5.41, 5.74) is 10.8. The summed E-state index contributed by atoms with van der Waals surface area (Å²) < 4.78 is 9.03. The minimum atomic E-state index is 0.865. The highest BCUT2D eigenvalue weighted by Crippen LogP contribution is 2.43. The van der Waals surface area contributed by atoms with Crippen LogP contribution < -0.4 is 4.90 Å². The van der Waals surface area contributed by atoms with Gasteiger partial charge in [-0.1, -0.05) is 127 Å². The van der Waals surface area contributed by atoms with Crippen LogP contribution in [0.2, 0.25) is 0 Å². The van der Waals surface area contributed by atoms with Crippen LogP contribution in [-0.4, -0.2) is 4.57 Å². The zero-order valence-corrected chi connectivity index (χ0v) is 28.8. The number of fused-ring (bicyclic) bond motifs is 8. The van der Waals surface area contributed by atoms with E-state index in [1.165, 1.54) is 54.6 Å². The molecule has 0 aliphatic heterocycles. The molecule has 0 aliphatic carbocycles. The van der Waals surface area contributed by atoms with Gasteiger partial charge in [0.05, 0.1) is 16.7 Å². The first-order valence-corrected chi connectivity index (χ1v) is 18.1. The van der Waals surface area contributed by atoms with Gasteiger partial charge in [0, 0.05) is 50.1 Å². The van der Waals surface area contributed by atoms with E-state index in [4.69, 9.17) is 4.42 Å². The van der Waals surface area contributed by atoms with Gasteiger partial charge in [0.15, 0.2) is 0 Å². The first kappa shape index (κ1) is 29.6. The first-order chi connectivity index (χ1) is 26.3. The summed E-state index contributed by atoms with van der Waals surface area (Å²) in [6.45, 7) is 0. The van der Waals surface area contributed by atoms with E-state index in [2.05, 4.69) is 204 Å². The van der Waals surface area contributed by atoms with E-state index in [1.54, 1.807) is 0 Å². The number of anilines is 3. The number of hydrogen-bond acceptors (Lipinski definition) is 2. The molecule has 11 rings (SSSR count). The number of hydrogen-bond donors (Lipinski definition) is 0. The van der Waals surface area contributed by atoms with E-state index >= 15 is 0 Å². The third-order valence-corrected chi connectivity index (χ3v) is 10.7. The van der Waals surface area contributed by atoms with Crippen molar-refractivity contribution in [1.82, 2.24) is 4.57 Å². The zero-order valence-electron chi connectivity index (χ0n) is 28.8. The molecule has 248 valence electrons. The highest BCUT2D eigenvalue weighted by Gasteiger charge is 2.20. The molecule has 9 aromatic carbocycles. The van der Waals surface area contributed by atoms with E-state index in [-0.39, 0.29) is 0 Å². The number of benzene rings is 9. The predicted molar refractivity (Wildman–Crippen MR) is 223 cm³/mol. The van der Waals surface area contributed by atoms with Gasteiger partial charge < -0.3 is 13.9 Å². The Kier molecular flexibility index (Phi) is 6.55. The summed E-state index contributed by atoms with van der Waals surface area (Å²) in [6.07, 6.45) is 0. The van der Waals surface area contributed by atoms with Crippen LogP contribution in [0.4, 0.5) is 17.1 Å². The lowest BCUT2D eigenvalue weighted by molar-refractivity contribution is 0.669. The van der Waals surface area contributed by atoms with Crippen molar-refractivity contribution in [3.63, 3.8) is 0 Å². The van der Waals surface area contributed by atoms with E-state index in [0.717, 1.165) is 44.5 Å². The molecule has 0 aliphatic rings. The minimum absolute atomic E-state index is 0.865. The van der Waals surface area contributed by atoms with Gasteiger partial charge >= 0.3 is 0 Å². The van der Waals surface area contributed by atoms with Gasteiger partial charge in [-0.3, -0.25) is 0 Å². The second kappa shape index (κ2) is 11.7. The largest absolute Gasteiger partial charge is 0.456 e. The number of nitrogens with zero attached hydrogens (tertiary/aromatic N) is 2. The molecule has 11 aromatic rings. The number of para-hydroxylation sites is 1. The van der Waals surface area contributed by atoms with Gasteiger partial charge in [0.1, 0.15) is 11.2 Å². The highest BCUT2D eigenvalue weighted by molar-refractivity contribution is 6.13. The summed E-state index contributed by atoms with van der Waals surface area (Å²) in [6, 6.07) is 69.8. The van der Waals surface area contributed by atoms with Crippen LogP contribution in [0.3, 0.4) is 0 Å². The second-order valence-corrected chi connectivity index (χ2v) is 13.8. The molecular weight excluding hydrogens is 645 g/mol. The molecule has 0 fully saturated rings. The molecular formula is C50H32N2O. The van der Waals surface area contributed by atoms with Crippen molar-refractivity contribution in [3.8, 4) is 16.8 Å². The third kappa shape index (κ3) is 4.75. The van der Waals surface area contributed by atoms with E-state index in [1.807, 2.05) is 0 Å². The maximum Gasteiger partial charge on any atom is 0.137 e. The van der Waals surface area contributed by atoms with Gasteiger partial charge in [-0.15, -0.1) is 0 Å². The Bertz CT molecular complexity index is 3160. The molecule has 0 radical (unpaired) electrons. The Morgan fingerprint density at radius 3 is 1.75 bits per heavy atom. The highest BCUT2D eigenvalue weighted by atomic mass is 16.3. The molecule has 2 heterocycles. The standard InChI is InChI=1S/C50H32N2O/c1-2-11-33(12-3-1)34-21-23-38(24-22-34)51(40-26-28-44-45-29-36-14-4-5-15-37(36)30-49(45)53-50(44)32-40)39-25-27-43-42-18-8-9-19-47(42)52(48(43)31-39)46-20-10-16-35-13-6-7-17-41(35)46/h1-32H. The molecule has 3 nitrogen and oxygen atoms in total. The van der Waals surface area contributed by atoms with Crippen LogP contribution in [0.15, 0.2) is 199 Å². The SMILES string of the molecule is c1ccc(-c2ccc(N(c3ccc4c(c3)oc3cc5ccccc5cc34)c3ccc4c5ccccc5n(-c5cccc6ccccc56)c4c3)cc2)cc1. The van der Waals surface area contributed by atoms with Crippen molar-refractivity contribution in [3.05, 3.63) is 194 Å². The molecule has 0 bridgehead atoms. The van der Waals surface area contributed by atoms with Crippen LogP contribution in [0, 0.1) is 0 Å². The maximum absolute atomic E-state index is 6.60. The lowest BCUT2D eigenvalue weighted by Crippen LogP contribution is -2.10. The van der Waals surface area contributed by atoms with Gasteiger partial charge in [0.2, 0.25) is 0 Å². The predicted octanol–water partition coefficient (Wildman–Crippen LogP) is 14.1. The lowest BCUT2D eigenvalue weighted by Gasteiger charge is -2.26. The van der Waals surface area contributed by atoms with E-state index in [0.29, 0.717) is 0 Å². The van der Waals surface area contributed by atoms with Gasteiger partial charge in [-0.05, 0) is 87.9 Å². The van der Waals surface area contributed by atoms with Crippen LogP contribution >= 0.6 is 0 Å². The van der Waals surface area contributed by atoms with Gasteiger partial charge in [-0.2, -0.15) is 0 Å². The minimum Gasteiger partial charge on any atom is -0.456 e. The first-order valence-electron chi connectivity index (χ1n) is 18.1. The fourth-order valence-corrected chi connectivity index (χ4v) is 8.23. The zero-order chi connectivity index (χ0) is 34.9. The van der Waals surface area contributed by atoms with E-state index < -0.39 is 0 Å². The van der Waals surface area contributed by atoms with Crippen LogP contribution in [0.25, 0.3) is 82.1 Å². The molecule has 0 saturated carbocycles. The van der Waals surface area contributed by atoms with Crippen molar-refractivity contribution in [2.45, 2.75) is 0 Å². The quantitative estimate of drug-likeness (QED) is 0.181. The van der Waals surface area contributed by atoms with Gasteiger partial charge in [-0.25, -0.2) is 0 Å². The fourth-order valence-electron chi connectivity index (χ4n) is 8.23. The molecule has 53 heavy (non-hydrogen) atoms. The maximum atomic E-state index is 6.60. The fraction of sp³-hybridized carbons (Fsp3) is 0. The third-order valence-electron chi connectivity index (χ3n) is 10.7. The summed E-state index contributed by atoms with van der Waals surface area (Å²) in [5, 5.41) is 9.52. The molecule has 0 spiro atoms. The molecule has 3 heteroatoms. The molecule has 0 amide bonds. The number of furan rings is 1. The molecule has 0 atom stereocenters. The Hall–Kier alpha value is -7.10. The lowest BCUT2D eigenvalue weighted by atomic mass is 10.0. The van der Waals surface area contributed by atoms with Crippen molar-refractivity contribution < 1.29 is 4.42 Å². The van der Waals surface area contributed by atoms with Crippen molar-refractivity contribution in [2.24, 2.45) is 0 Å². The average molecular weight is 677 g/mol. The Labute approximate surface area is 306 Å². The van der Waals surface area contributed by atoms with E-state index in [9.17, 15) is 0 Å². The topological polar surface area (TPSA) is 21.3 Å². The van der Waals surface area contributed by atoms with Crippen molar-refractivity contribution in [2.75, 3.05) is 4.90 Å². The summed E-state index contributed by atoms with van der Waals surface area (Å²) in [7, 11) is 0. The molecule has 0 N–H and O–H groups in total. The van der Waals surface area contributed by atoms with Crippen molar-refractivity contribution in [1.29, 1.82) is 0 Å². The Morgan fingerprint density at radius 2 is 0.925 bits per heavy atom.